The Morgan fingerprint density at radius 1 is 1.05 bits per heavy atom. The van der Waals surface area contributed by atoms with Crippen LogP contribution in [0.25, 0.3) is 0 Å². The molecule has 0 heterocycles. The lowest BCUT2D eigenvalue weighted by atomic mass is 10.0. The Labute approximate surface area is 107 Å². The molecule has 0 unspecified atom stereocenters. The molecule has 0 spiro atoms. The average Bonchev–Trinajstić information content (AvgIpc) is 2.35. The summed E-state index contributed by atoms with van der Waals surface area (Å²) in [6.07, 6.45) is -0.140. The average molecular weight is 266 g/mol. The number of Topliss-reactive ketones (excluding diaryl/α,β-unsaturated/α-hetero) is 1. The normalized spacial score (nSPS) is 10.5. The van der Waals surface area contributed by atoms with E-state index in [9.17, 15) is 23.1 Å². The first-order valence-electron chi connectivity index (χ1n) is 5.43. The Balaban J connectivity index is 2.25. The van der Waals surface area contributed by atoms with E-state index in [4.69, 9.17) is 0 Å². The highest BCUT2D eigenvalue weighted by atomic mass is 19.2. The summed E-state index contributed by atoms with van der Waals surface area (Å²) < 4.78 is 38.8. The summed E-state index contributed by atoms with van der Waals surface area (Å²) in [5.74, 6) is -4.99. The number of hydrogen-bond donors (Lipinski definition) is 1. The summed E-state index contributed by atoms with van der Waals surface area (Å²) >= 11 is 0. The zero-order chi connectivity index (χ0) is 14.0. The summed E-state index contributed by atoms with van der Waals surface area (Å²) in [5, 5.41) is 9.24. The van der Waals surface area contributed by atoms with Gasteiger partial charge in [0.2, 0.25) is 0 Å². The van der Waals surface area contributed by atoms with Crippen LogP contribution in [0, 0.1) is 17.5 Å². The standard InChI is InChI=1S/C14H9F3O2/c15-11-6-9(7-12(16)14(11)17)13(19)5-8-2-1-3-10(18)4-8/h1-4,6-7,18H,5H2. The Hall–Kier alpha value is -2.30. The molecule has 0 saturated heterocycles. The fourth-order valence-electron chi connectivity index (χ4n) is 1.67. The number of carbonyl (C=O) groups excluding carboxylic acids is 1. The van der Waals surface area contributed by atoms with Crippen molar-refractivity contribution in [3.05, 3.63) is 65.0 Å². The summed E-state index contributed by atoms with van der Waals surface area (Å²) in [6, 6.07) is 7.25. The Morgan fingerprint density at radius 2 is 1.68 bits per heavy atom. The monoisotopic (exact) mass is 266 g/mol. The molecule has 0 amide bonds. The molecule has 5 heteroatoms. The molecule has 0 aromatic heterocycles. The van der Waals surface area contributed by atoms with Gasteiger partial charge in [0.15, 0.2) is 23.2 Å². The molecule has 0 atom stereocenters. The van der Waals surface area contributed by atoms with E-state index in [1.165, 1.54) is 12.1 Å². The minimum atomic E-state index is -1.60. The number of aromatic hydroxyl groups is 1. The van der Waals surface area contributed by atoms with E-state index in [1.54, 1.807) is 12.1 Å². The van der Waals surface area contributed by atoms with Crippen molar-refractivity contribution in [1.29, 1.82) is 0 Å². The first-order valence-corrected chi connectivity index (χ1v) is 5.43. The number of ketones is 1. The molecular weight excluding hydrogens is 257 g/mol. The molecule has 2 nitrogen and oxygen atoms in total. The predicted molar refractivity (Wildman–Crippen MR) is 62.5 cm³/mol. The van der Waals surface area contributed by atoms with Gasteiger partial charge < -0.3 is 5.11 Å². The molecule has 2 aromatic rings. The number of halogens is 3. The first-order chi connectivity index (χ1) is 8.97. The molecule has 0 fully saturated rings. The van der Waals surface area contributed by atoms with Crippen LogP contribution in [-0.4, -0.2) is 10.9 Å². The van der Waals surface area contributed by atoms with E-state index in [2.05, 4.69) is 0 Å². The molecular formula is C14H9F3O2. The molecule has 0 bridgehead atoms. The van der Waals surface area contributed by atoms with Crippen molar-refractivity contribution in [2.45, 2.75) is 6.42 Å². The zero-order valence-corrected chi connectivity index (χ0v) is 9.66. The van der Waals surface area contributed by atoms with Gasteiger partial charge in [-0.05, 0) is 29.8 Å². The Kier molecular flexibility index (Phi) is 3.55. The van der Waals surface area contributed by atoms with Gasteiger partial charge in [-0.25, -0.2) is 13.2 Å². The van der Waals surface area contributed by atoms with Crippen LogP contribution >= 0.6 is 0 Å². The van der Waals surface area contributed by atoms with Gasteiger partial charge in [-0.2, -0.15) is 0 Å². The Morgan fingerprint density at radius 3 is 2.26 bits per heavy atom. The lowest BCUT2D eigenvalue weighted by Gasteiger charge is -2.04. The van der Waals surface area contributed by atoms with Crippen molar-refractivity contribution in [2.75, 3.05) is 0 Å². The third-order valence-corrected chi connectivity index (χ3v) is 2.58. The highest BCUT2D eigenvalue weighted by molar-refractivity contribution is 5.97. The van der Waals surface area contributed by atoms with Crippen LogP contribution in [0.15, 0.2) is 36.4 Å². The highest BCUT2D eigenvalue weighted by Crippen LogP contribution is 2.17. The van der Waals surface area contributed by atoms with E-state index in [0.29, 0.717) is 17.7 Å². The maximum Gasteiger partial charge on any atom is 0.194 e. The van der Waals surface area contributed by atoms with Crippen molar-refractivity contribution < 1.29 is 23.1 Å². The highest BCUT2D eigenvalue weighted by Gasteiger charge is 2.15. The molecule has 2 rings (SSSR count). The van der Waals surface area contributed by atoms with Crippen molar-refractivity contribution in [3.8, 4) is 5.75 Å². The summed E-state index contributed by atoms with van der Waals surface area (Å²) in [5.41, 5.74) is 0.245. The molecule has 0 aliphatic rings. The third kappa shape index (κ3) is 2.93. The maximum atomic E-state index is 13.0. The fraction of sp³-hybridized carbons (Fsp3) is 0.0714. The molecule has 98 valence electrons. The quantitative estimate of drug-likeness (QED) is 0.684. The largest absolute Gasteiger partial charge is 0.508 e. The second kappa shape index (κ2) is 5.14. The number of rotatable bonds is 3. The maximum absolute atomic E-state index is 13.0. The fourth-order valence-corrected chi connectivity index (χ4v) is 1.67. The first kappa shape index (κ1) is 13.1. The van der Waals surface area contributed by atoms with Crippen LogP contribution in [0.2, 0.25) is 0 Å². The number of carbonyl (C=O) groups is 1. The van der Waals surface area contributed by atoms with Crippen LogP contribution in [-0.2, 0) is 6.42 Å². The van der Waals surface area contributed by atoms with Crippen LogP contribution in [0.1, 0.15) is 15.9 Å². The van der Waals surface area contributed by atoms with Crippen LogP contribution < -0.4 is 0 Å². The van der Waals surface area contributed by atoms with Gasteiger partial charge in [0.1, 0.15) is 5.75 Å². The van der Waals surface area contributed by atoms with Gasteiger partial charge in [0, 0.05) is 12.0 Å². The Bertz CT molecular complexity index is 615. The van der Waals surface area contributed by atoms with Crippen molar-refractivity contribution in [3.63, 3.8) is 0 Å². The molecule has 0 radical (unpaired) electrons. The summed E-state index contributed by atoms with van der Waals surface area (Å²) in [7, 11) is 0. The minimum Gasteiger partial charge on any atom is -0.508 e. The number of phenolic OH excluding ortho intramolecular Hbond substituents is 1. The van der Waals surface area contributed by atoms with Gasteiger partial charge in [-0.15, -0.1) is 0 Å². The molecule has 1 N–H and O–H groups in total. The predicted octanol–water partition coefficient (Wildman–Crippen LogP) is 3.23. The molecule has 0 aliphatic heterocycles. The SMILES string of the molecule is O=C(Cc1cccc(O)c1)c1cc(F)c(F)c(F)c1. The smallest absolute Gasteiger partial charge is 0.194 e. The van der Waals surface area contributed by atoms with Gasteiger partial charge in [0.25, 0.3) is 0 Å². The number of phenols is 1. The van der Waals surface area contributed by atoms with E-state index >= 15 is 0 Å². The molecule has 2 aromatic carbocycles. The van der Waals surface area contributed by atoms with E-state index in [1.807, 2.05) is 0 Å². The van der Waals surface area contributed by atoms with Crippen molar-refractivity contribution in [2.24, 2.45) is 0 Å². The lowest BCUT2D eigenvalue weighted by molar-refractivity contribution is 0.0992. The third-order valence-electron chi connectivity index (χ3n) is 2.58. The minimum absolute atomic E-state index is 0.0123. The lowest BCUT2D eigenvalue weighted by Crippen LogP contribution is -2.06. The van der Waals surface area contributed by atoms with E-state index < -0.39 is 23.2 Å². The summed E-state index contributed by atoms with van der Waals surface area (Å²) in [4.78, 5) is 11.8. The van der Waals surface area contributed by atoms with Gasteiger partial charge in [0.05, 0.1) is 0 Å². The van der Waals surface area contributed by atoms with Crippen molar-refractivity contribution in [1.82, 2.24) is 0 Å². The van der Waals surface area contributed by atoms with Crippen LogP contribution in [0.5, 0.6) is 5.75 Å². The van der Waals surface area contributed by atoms with Crippen LogP contribution in [0.4, 0.5) is 13.2 Å². The van der Waals surface area contributed by atoms with E-state index in [-0.39, 0.29) is 17.7 Å². The molecule has 0 aliphatic carbocycles. The summed E-state index contributed by atoms with van der Waals surface area (Å²) in [6.45, 7) is 0. The van der Waals surface area contributed by atoms with Gasteiger partial charge >= 0.3 is 0 Å². The second-order valence-electron chi connectivity index (χ2n) is 4.02. The second-order valence-corrected chi connectivity index (χ2v) is 4.02. The van der Waals surface area contributed by atoms with Crippen LogP contribution in [0.3, 0.4) is 0 Å². The molecule has 0 saturated carbocycles. The van der Waals surface area contributed by atoms with E-state index in [0.717, 1.165) is 0 Å². The van der Waals surface area contributed by atoms with Crippen molar-refractivity contribution >= 4 is 5.78 Å². The van der Waals surface area contributed by atoms with Gasteiger partial charge in [-0.3, -0.25) is 4.79 Å². The zero-order valence-electron chi connectivity index (χ0n) is 9.66. The topological polar surface area (TPSA) is 37.3 Å². The number of hydrogen-bond acceptors (Lipinski definition) is 2. The molecule has 19 heavy (non-hydrogen) atoms. The van der Waals surface area contributed by atoms with Gasteiger partial charge in [-0.1, -0.05) is 12.1 Å². The number of benzene rings is 2.